The van der Waals surface area contributed by atoms with E-state index in [1.807, 2.05) is 37.3 Å². The van der Waals surface area contributed by atoms with Gasteiger partial charge in [0.2, 0.25) is 0 Å². The molecule has 0 spiro atoms. The molecule has 2 aromatic heterocycles. The van der Waals surface area contributed by atoms with Crippen LogP contribution < -0.4 is 10.1 Å². The highest BCUT2D eigenvalue weighted by Gasteiger charge is 2.09. The molecule has 3 rings (SSSR count). The zero-order valence-corrected chi connectivity index (χ0v) is 13.7. The number of aromatic nitrogens is 5. The normalized spacial score (nSPS) is 11.7. The molecule has 8 heteroatoms. The minimum atomic E-state index is -0.173. The first-order valence-corrected chi connectivity index (χ1v) is 7.86. The number of carbonyl (C=O) groups excluding carboxylic acids is 1. The van der Waals surface area contributed by atoms with Crippen LogP contribution in [0, 0.1) is 0 Å². The second-order valence-electron chi connectivity index (χ2n) is 5.53. The lowest BCUT2D eigenvalue weighted by atomic mass is 10.1. The molecular weight excluding hydrogens is 320 g/mol. The third-order valence-electron chi connectivity index (χ3n) is 3.47. The van der Waals surface area contributed by atoms with Gasteiger partial charge >= 0.3 is 0 Å². The fraction of sp³-hybridized carbons (Fsp3) is 0.235. The standard InChI is InChI=1S/C17H18N6O2/c1-13(10-14-4-2-3-9-18-14)20-17(24)11-25-16-7-5-15(6-8-16)23-12-19-21-22-23/h2-9,12-13H,10-11H2,1H3,(H,20,24)/t13-/m1/s1. The number of benzene rings is 1. The SMILES string of the molecule is C[C@H](Cc1ccccn1)NC(=O)COc1ccc(-n2cnnn2)cc1. The average Bonchev–Trinajstić information content (AvgIpc) is 3.16. The molecule has 0 aliphatic heterocycles. The second kappa shape index (κ2) is 8.00. The predicted molar refractivity (Wildman–Crippen MR) is 90.2 cm³/mol. The first-order chi connectivity index (χ1) is 12.2. The van der Waals surface area contributed by atoms with E-state index >= 15 is 0 Å². The monoisotopic (exact) mass is 338 g/mol. The van der Waals surface area contributed by atoms with Crippen molar-refractivity contribution in [2.75, 3.05) is 6.61 Å². The van der Waals surface area contributed by atoms with Crippen molar-refractivity contribution in [3.05, 3.63) is 60.7 Å². The minimum absolute atomic E-state index is 0.0202. The Bertz CT molecular complexity index is 790. The summed E-state index contributed by atoms with van der Waals surface area (Å²) in [5.74, 6) is 0.428. The number of hydrogen-bond acceptors (Lipinski definition) is 6. The number of hydrogen-bond donors (Lipinski definition) is 1. The van der Waals surface area contributed by atoms with Gasteiger partial charge in [-0.25, -0.2) is 4.68 Å². The number of carbonyl (C=O) groups is 1. The molecule has 8 nitrogen and oxygen atoms in total. The maximum atomic E-state index is 12.0. The molecule has 3 aromatic rings. The molecule has 0 fully saturated rings. The first kappa shape index (κ1) is 16.6. The van der Waals surface area contributed by atoms with Gasteiger partial charge in [-0.05, 0) is 53.7 Å². The van der Waals surface area contributed by atoms with Crippen molar-refractivity contribution >= 4 is 5.91 Å². The van der Waals surface area contributed by atoms with E-state index in [9.17, 15) is 4.79 Å². The molecule has 1 amide bonds. The molecule has 1 aromatic carbocycles. The zero-order chi connectivity index (χ0) is 17.5. The van der Waals surface area contributed by atoms with Crippen LogP contribution in [0.5, 0.6) is 5.75 Å². The van der Waals surface area contributed by atoms with E-state index in [2.05, 4.69) is 25.8 Å². The van der Waals surface area contributed by atoms with Crippen LogP contribution >= 0.6 is 0 Å². The van der Waals surface area contributed by atoms with Crippen LogP contribution in [0.25, 0.3) is 5.69 Å². The molecule has 128 valence electrons. The molecule has 25 heavy (non-hydrogen) atoms. The van der Waals surface area contributed by atoms with Crippen LogP contribution in [0.2, 0.25) is 0 Å². The van der Waals surface area contributed by atoms with Gasteiger partial charge < -0.3 is 10.1 Å². The van der Waals surface area contributed by atoms with Gasteiger partial charge in [0.1, 0.15) is 12.1 Å². The lowest BCUT2D eigenvalue weighted by Crippen LogP contribution is -2.37. The number of ether oxygens (including phenoxy) is 1. The van der Waals surface area contributed by atoms with Gasteiger partial charge in [-0.15, -0.1) is 5.10 Å². The summed E-state index contributed by atoms with van der Waals surface area (Å²) in [6.45, 7) is 1.89. The highest BCUT2D eigenvalue weighted by molar-refractivity contribution is 5.77. The fourth-order valence-electron chi connectivity index (χ4n) is 2.32. The summed E-state index contributed by atoms with van der Waals surface area (Å²) in [5.41, 5.74) is 1.75. The van der Waals surface area contributed by atoms with Crippen molar-refractivity contribution < 1.29 is 9.53 Å². The van der Waals surface area contributed by atoms with Gasteiger partial charge in [-0.2, -0.15) is 0 Å². The Morgan fingerprint density at radius 1 is 1.24 bits per heavy atom. The van der Waals surface area contributed by atoms with Gasteiger partial charge in [0.25, 0.3) is 5.91 Å². The Kier molecular flexibility index (Phi) is 5.30. The van der Waals surface area contributed by atoms with Crippen molar-refractivity contribution in [3.63, 3.8) is 0 Å². The van der Waals surface area contributed by atoms with Crippen molar-refractivity contribution in [1.29, 1.82) is 0 Å². The fourth-order valence-corrected chi connectivity index (χ4v) is 2.32. The summed E-state index contributed by atoms with van der Waals surface area (Å²) in [5, 5.41) is 13.9. The van der Waals surface area contributed by atoms with Gasteiger partial charge in [0.15, 0.2) is 6.61 Å². The number of nitrogens with one attached hydrogen (secondary N) is 1. The van der Waals surface area contributed by atoms with E-state index in [-0.39, 0.29) is 18.6 Å². The summed E-state index contributed by atoms with van der Waals surface area (Å²) in [7, 11) is 0. The van der Waals surface area contributed by atoms with Crippen molar-refractivity contribution in [2.24, 2.45) is 0 Å². The molecule has 0 aliphatic rings. The van der Waals surface area contributed by atoms with Gasteiger partial charge in [-0.3, -0.25) is 9.78 Å². The summed E-state index contributed by atoms with van der Waals surface area (Å²) in [6, 6.07) is 12.9. The summed E-state index contributed by atoms with van der Waals surface area (Å²) in [6.07, 6.45) is 3.92. The maximum absolute atomic E-state index is 12.0. The average molecular weight is 338 g/mol. The molecule has 1 N–H and O–H groups in total. The van der Waals surface area contributed by atoms with E-state index in [1.54, 1.807) is 18.3 Å². The van der Waals surface area contributed by atoms with Gasteiger partial charge in [-0.1, -0.05) is 6.07 Å². The largest absolute Gasteiger partial charge is 0.484 e. The van der Waals surface area contributed by atoms with Crippen LogP contribution in [0.4, 0.5) is 0 Å². The highest BCUT2D eigenvalue weighted by atomic mass is 16.5. The Hall–Kier alpha value is -3.29. The van der Waals surface area contributed by atoms with Gasteiger partial charge in [0, 0.05) is 24.4 Å². The van der Waals surface area contributed by atoms with Crippen LogP contribution in [0.1, 0.15) is 12.6 Å². The Balaban J connectivity index is 1.45. The lowest BCUT2D eigenvalue weighted by Gasteiger charge is -2.14. The number of tetrazole rings is 1. The third kappa shape index (κ3) is 4.84. The van der Waals surface area contributed by atoms with E-state index in [1.165, 1.54) is 11.0 Å². The number of amides is 1. The highest BCUT2D eigenvalue weighted by Crippen LogP contribution is 2.14. The Labute approximate surface area is 144 Å². The van der Waals surface area contributed by atoms with E-state index < -0.39 is 0 Å². The molecule has 1 atom stereocenters. The van der Waals surface area contributed by atoms with Crippen LogP contribution in [-0.4, -0.2) is 43.7 Å². The van der Waals surface area contributed by atoms with Crippen LogP contribution in [0.15, 0.2) is 55.0 Å². The van der Waals surface area contributed by atoms with Crippen LogP contribution in [-0.2, 0) is 11.2 Å². The second-order valence-corrected chi connectivity index (χ2v) is 5.53. The maximum Gasteiger partial charge on any atom is 0.258 e. The smallest absolute Gasteiger partial charge is 0.258 e. The molecule has 0 aliphatic carbocycles. The molecule has 0 unspecified atom stereocenters. The van der Waals surface area contributed by atoms with Crippen LogP contribution in [0.3, 0.4) is 0 Å². The van der Waals surface area contributed by atoms with Crippen molar-refractivity contribution in [3.8, 4) is 11.4 Å². The quantitative estimate of drug-likeness (QED) is 0.695. The minimum Gasteiger partial charge on any atom is -0.484 e. The molecular formula is C17H18N6O2. The van der Waals surface area contributed by atoms with Crippen molar-refractivity contribution in [2.45, 2.75) is 19.4 Å². The zero-order valence-electron chi connectivity index (χ0n) is 13.7. The molecule has 2 heterocycles. The van der Waals surface area contributed by atoms with Gasteiger partial charge in [0.05, 0.1) is 5.69 Å². The molecule has 0 radical (unpaired) electrons. The number of rotatable bonds is 7. The summed E-state index contributed by atoms with van der Waals surface area (Å²) >= 11 is 0. The third-order valence-corrected chi connectivity index (χ3v) is 3.47. The Morgan fingerprint density at radius 3 is 2.76 bits per heavy atom. The van der Waals surface area contributed by atoms with E-state index in [0.29, 0.717) is 12.2 Å². The predicted octanol–water partition coefficient (Wildman–Crippen LogP) is 1.18. The van der Waals surface area contributed by atoms with Crippen molar-refractivity contribution in [1.82, 2.24) is 30.5 Å². The molecule has 0 saturated carbocycles. The summed E-state index contributed by atoms with van der Waals surface area (Å²) < 4.78 is 7.04. The van der Waals surface area contributed by atoms with E-state index in [4.69, 9.17) is 4.74 Å². The van der Waals surface area contributed by atoms with E-state index in [0.717, 1.165) is 11.4 Å². The molecule has 0 bridgehead atoms. The molecule has 0 saturated heterocycles. The lowest BCUT2D eigenvalue weighted by molar-refractivity contribution is -0.123. The Morgan fingerprint density at radius 2 is 2.08 bits per heavy atom. The number of pyridine rings is 1. The number of nitrogens with zero attached hydrogens (tertiary/aromatic N) is 5. The summed E-state index contributed by atoms with van der Waals surface area (Å²) in [4.78, 5) is 16.2. The topological polar surface area (TPSA) is 94.8 Å². The first-order valence-electron chi connectivity index (χ1n) is 7.86.